The third-order valence-corrected chi connectivity index (χ3v) is 2.96. The van der Waals surface area contributed by atoms with E-state index in [4.69, 9.17) is 11.6 Å². The van der Waals surface area contributed by atoms with Gasteiger partial charge >= 0.3 is 0 Å². The number of aryl methyl sites for hydroxylation is 1. The van der Waals surface area contributed by atoms with Gasteiger partial charge < -0.3 is 5.32 Å². The van der Waals surface area contributed by atoms with Crippen molar-refractivity contribution in [1.29, 1.82) is 0 Å². The Balaban J connectivity index is 2.53. The topological polar surface area (TPSA) is 55.6 Å². The highest BCUT2D eigenvalue weighted by atomic mass is 35.5. The summed E-state index contributed by atoms with van der Waals surface area (Å²) >= 11 is 6.17. The smallest absolute Gasteiger partial charge is 0.173 e. The Labute approximate surface area is 105 Å². The number of hydrogen-bond acceptors (Lipinski definition) is 4. The zero-order valence-electron chi connectivity index (χ0n) is 9.98. The van der Waals surface area contributed by atoms with E-state index in [9.17, 15) is 0 Å². The first-order valence-corrected chi connectivity index (χ1v) is 5.73. The monoisotopic (exact) mass is 251 g/mol. The molecule has 90 valence electrons. The molecule has 1 aromatic carbocycles. The second-order valence-electron chi connectivity index (χ2n) is 3.91. The summed E-state index contributed by atoms with van der Waals surface area (Å²) in [5.74, 6) is 0.736. The minimum absolute atomic E-state index is 0.0570. The molecule has 0 spiro atoms. The fourth-order valence-corrected chi connectivity index (χ4v) is 1.75. The maximum absolute atomic E-state index is 6.17. The highest BCUT2D eigenvalue weighted by Crippen LogP contribution is 2.23. The third-order valence-electron chi connectivity index (χ3n) is 2.64. The van der Waals surface area contributed by atoms with Gasteiger partial charge in [0.2, 0.25) is 0 Å². The summed E-state index contributed by atoms with van der Waals surface area (Å²) in [4.78, 5) is 0. The lowest BCUT2D eigenvalue weighted by Gasteiger charge is -2.11. The van der Waals surface area contributed by atoms with Crippen molar-refractivity contribution in [1.82, 2.24) is 25.5 Å². The second kappa shape index (κ2) is 4.81. The van der Waals surface area contributed by atoms with Crippen molar-refractivity contribution in [2.24, 2.45) is 0 Å². The maximum Gasteiger partial charge on any atom is 0.173 e. The molecule has 0 amide bonds. The Kier molecular flexibility index (Phi) is 3.40. The molecule has 6 heteroatoms. The molecule has 5 nitrogen and oxygen atoms in total. The Morgan fingerprint density at radius 1 is 1.41 bits per heavy atom. The minimum atomic E-state index is 0.0570. The molecule has 1 heterocycles. The lowest BCUT2D eigenvalue weighted by atomic mass is 10.2. The molecule has 1 aromatic heterocycles. The Morgan fingerprint density at radius 3 is 2.88 bits per heavy atom. The van der Waals surface area contributed by atoms with Crippen LogP contribution in [0.15, 0.2) is 18.2 Å². The van der Waals surface area contributed by atoms with Crippen LogP contribution in [0.1, 0.15) is 24.4 Å². The van der Waals surface area contributed by atoms with Gasteiger partial charge in [0.1, 0.15) is 0 Å². The first-order chi connectivity index (χ1) is 8.13. The van der Waals surface area contributed by atoms with Crippen LogP contribution in [0, 0.1) is 6.92 Å². The highest BCUT2D eigenvalue weighted by molar-refractivity contribution is 6.32. The Hall–Kier alpha value is -1.46. The van der Waals surface area contributed by atoms with Crippen LogP contribution in [0.5, 0.6) is 0 Å². The fourth-order valence-electron chi connectivity index (χ4n) is 1.55. The van der Waals surface area contributed by atoms with Crippen LogP contribution in [0.25, 0.3) is 5.69 Å². The zero-order valence-corrected chi connectivity index (χ0v) is 10.7. The standard InChI is InChI=1S/C11H14ClN5/c1-7-4-5-9(12)10(6-7)17-11(8(2)13-3)14-15-16-17/h4-6,8,13H,1-3H3. The summed E-state index contributed by atoms with van der Waals surface area (Å²) < 4.78 is 1.66. The molecule has 1 N–H and O–H groups in total. The molecular weight excluding hydrogens is 238 g/mol. The van der Waals surface area contributed by atoms with Crippen LogP contribution < -0.4 is 5.32 Å². The van der Waals surface area contributed by atoms with Gasteiger partial charge in [-0.15, -0.1) is 5.10 Å². The third kappa shape index (κ3) is 2.30. The van der Waals surface area contributed by atoms with Crippen LogP contribution in [-0.4, -0.2) is 27.3 Å². The zero-order chi connectivity index (χ0) is 12.4. The summed E-state index contributed by atoms with van der Waals surface area (Å²) in [6.07, 6.45) is 0. The van der Waals surface area contributed by atoms with Crippen molar-refractivity contribution in [3.05, 3.63) is 34.6 Å². The van der Waals surface area contributed by atoms with Crippen LogP contribution in [0.4, 0.5) is 0 Å². The van der Waals surface area contributed by atoms with Crippen LogP contribution >= 0.6 is 11.6 Å². The van der Waals surface area contributed by atoms with Gasteiger partial charge in [-0.2, -0.15) is 4.68 Å². The molecule has 17 heavy (non-hydrogen) atoms. The first-order valence-electron chi connectivity index (χ1n) is 5.35. The average molecular weight is 252 g/mol. The minimum Gasteiger partial charge on any atom is -0.311 e. The van der Waals surface area contributed by atoms with E-state index in [2.05, 4.69) is 20.8 Å². The van der Waals surface area contributed by atoms with Crippen LogP contribution in [0.3, 0.4) is 0 Å². The van der Waals surface area contributed by atoms with Gasteiger partial charge in [0, 0.05) is 0 Å². The molecule has 0 bridgehead atoms. The predicted molar refractivity (Wildman–Crippen MR) is 66.4 cm³/mol. The summed E-state index contributed by atoms with van der Waals surface area (Å²) in [6.45, 7) is 4.00. The van der Waals surface area contributed by atoms with Crippen molar-refractivity contribution in [2.75, 3.05) is 7.05 Å². The van der Waals surface area contributed by atoms with E-state index in [1.165, 1.54) is 0 Å². The predicted octanol–water partition coefficient (Wildman–Crippen LogP) is 1.90. The van der Waals surface area contributed by atoms with E-state index in [0.29, 0.717) is 5.02 Å². The van der Waals surface area contributed by atoms with E-state index in [1.807, 2.05) is 39.1 Å². The molecule has 0 aliphatic rings. The summed E-state index contributed by atoms with van der Waals surface area (Å²) in [6, 6.07) is 5.82. The molecule has 0 aliphatic heterocycles. The van der Waals surface area contributed by atoms with E-state index >= 15 is 0 Å². The Bertz CT molecular complexity index is 522. The van der Waals surface area contributed by atoms with Crippen molar-refractivity contribution >= 4 is 11.6 Å². The van der Waals surface area contributed by atoms with Crippen LogP contribution in [-0.2, 0) is 0 Å². The van der Waals surface area contributed by atoms with Gasteiger partial charge in [0.05, 0.1) is 16.8 Å². The van der Waals surface area contributed by atoms with Crippen molar-refractivity contribution in [3.63, 3.8) is 0 Å². The number of aromatic nitrogens is 4. The number of halogens is 1. The first kappa shape index (κ1) is 12.0. The highest BCUT2D eigenvalue weighted by Gasteiger charge is 2.15. The molecule has 0 saturated carbocycles. The average Bonchev–Trinajstić information content (AvgIpc) is 2.80. The quantitative estimate of drug-likeness (QED) is 0.905. The molecule has 2 rings (SSSR count). The Morgan fingerprint density at radius 2 is 2.18 bits per heavy atom. The van der Waals surface area contributed by atoms with E-state index < -0.39 is 0 Å². The summed E-state index contributed by atoms with van der Waals surface area (Å²) in [5, 5.41) is 15.4. The summed E-state index contributed by atoms with van der Waals surface area (Å²) in [5.41, 5.74) is 1.91. The van der Waals surface area contributed by atoms with E-state index in [-0.39, 0.29) is 6.04 Å². The number of tetrazole rings is 1. The number of nitrogens with zero attached hydrogens (tertiary/aromatic N) is 4. The lowest BCUT2D eigenvalue weighted by molar-refractivity contribution is 0.588. The van der Waals surface area contributed by atoms with Gasteiger partial charge in [-0.3, -0.25) is 0 Å². The number of nitrogens with one attached hydrogen (secondary N) is 1. The SMILES string of the molecule is CNC(C)c1nnnn1-c1cc(C)ccc1Cl. The van der Waals surface area contributed by atoms with E-state index in [1.54, 1.807) is 4.68 Å². The van der Waals surface area contributed by atoms with Gasteiger partial charge in [0.25, 0.3) is 0 Å². The molecular formula is C11H14ClN5. The molecule has 1 atom stereocenters. The molecule has 0 saturated heterocycles. The van der Waals surface area contributed by atoms with Crippen molar-refractivity contribution in [3.8, 4) is 5.69 Å². The normalized spacial score (nSPS) is 12.7. The largest absolute Gasteiger partial charge is 0.311 e. The van der Waals surface area contributed by atoms with E-state index in [0.717, 1.165) is 17.1 Å². The van der Waals surface area contributed by atoms with Crippen molar-refractivity contribution < 1.29 is 0 Å². The second-order valence-corrected chi connectivity index (χ2v) is 4.32. The van der Waals surface area contributed by atoms with Crippen molar-refractivity contribution in [2.45, 2.75) is 19.9 Å². The molecule has 1 unspecified atom stereocenters. The van der Waals surface area contributed by atoms with Gasteiger partial charge in [0.15, 0.2) is 5.82 Å². The maximum atomic E-state index is 6.17. The molecule has 2 aromatic rings. The lowest BCUT2D eigenvalue weighted by Crippen LogP contribution is -2.18. The number of benzene rings is 1. The molecule has 0 fully saturated rings. The molecule has 0 aliphatic carbocycles. The number of hydrogen-bond donors (Lipinski definition) is 1. The summed E-state index contributed by atoms with van der Waals surface area (Å²) in [7, 11) is 1.86. The number of rotatable bonds is 3. The molecule has 0 radical (unpaired) electrons. The van der Waals surface area contributed by atoms with Gasteiger partial charge in [-0.05, 0) is 49.0 Å². The van der Waals surface area contributed by atoms with Crippen LogP contribution in [0.2, 0.25) is 5.02 Å². The van der Waals surface area contributed by atoms with Gasteiger partial charge in [-0.25, -0.2) is 0 Å². The fraction of sp³-hybridized carbons (Fsp3) is 0.364. The van der Waals surface area contributed by atoms with Gasteiger partial charge in [-0.1, -0.05) is 17.7 Å².